The highest BCUT2D eigenvalue weighted by Crippen LogP contribution is 2.32. The molecule has 90 valence electrons. The van der Waals surface area contributed by atoms with Gasteiger partial charge in [0.25, 0.3) is 0 Å². The van der Waals surface area contributed by atoms with Crippen LogP contribution in [0.25, 0.3) is 0 Å². The normalized spacial score (nSPS) is 21.8. The van der Waals surface area contributed by atoms with Crippen LogP contribution >= 0.6 is 11.3 Å². The molecule has 0 spiro atoms. The Bertz CT molecular complexity index is 324. The van der Waals surface area contributed by atoms with Crippen molar-refractivity contribution in [2.45, 2.75) is 31.7 Å². The minimum Gasteiger partial charge on any atom is -0.320 e. The number of thiazole rings is 1. The lowest BCUT2D eigenvalue weighted by Crippen LogP contribution is -2.17. The zero-order valence-corrected chi connectivity index (χ0v) is 11.0. The van der Waals surface area contributed by atoms with Gasteiger partial charge in [-0.1, -0.05) is 0 Å². The first-order valence-electron chi connectivity index (χ1n) is 6.10. The van der Waals surface area contributed by atoms with Crippen LogP contribution in [0.1, 0.15) is 35.2 Å². The lowest BCUT2D eigenvalue weighted by Gasteiger charge is -2.16. The smallest absolute Gasteiger partial charge is 0.110 e. The molecule has 1 aliphatic rings. The molecular formula is C12H21N3S. The highest BCUT2D eigenvalue weighted by molar-refractivity contribution is 7.11. The van der Waals surface area contributed by atoms with Crippen molar-refractivity contribution in [2.75, 3.05) is 27.2 Å². The van der Waals surface area contributed by atoms with Gasteiger partial charge in [-0.2, -0.15) is 0 Å². The predicted octanol–water partition coefficient (Wildman–Crippen LogP) is 2.06. The number of hydrogen-bond donors (Lipinski definition) is 1. The Kier molecular flexibility index (Phi) is 4.32. The van der Waals surface area contributed by atoms with Crippen LogP contribution in [-0.2, 0) is 6.42 Å². The van der Waals surface area contributed by atoms with E-state index in [0.717, 1.165) is 13.0 Å². The molecule has 1 atom stereocenters. The van der Waals surface area contributed by atoms with E-state index < -0.39 is 0 Å². The van der Waals surface area contributed by atoms with Gasteiger partial charge in [-0.15, -0.1) is 11.3 Å². The molecule has 16 heavy (non-hydrogen) atoms. The third-order valence-corrected chi connectivity index (χ3v) is 4.39. The standard InChI is InChI=1S/C12H21N3S/c1-13-7-3-5-10-9-14-12(16-10)11-6-4-8-15(11)2/h9,11,13H,3-8H2,1-2H3. The fourth-order valence-corrected chi connectivity index (χ4v) is 3.41. The molecule has 1 aromatic rings. The molecule has 1 aliphatic heterocycles. The second-order valence-corrected chi connectivity index (χ2v) is 5.66. The Labute approximate surface area is 102 Å². The molecule has 1 N–H and O–H groups in total. The largest absolute Gasteiger partial charge is 0.320 e. The van der Waals surface area contributed by atoms with Gasteiger partial charge in [-0.3, -0.25) is 4.90 Å². The first kappa shape index (κ1) is 12.0. The second-order valence-electron chi connectivity index (χ2n) is 4.51. The second kappa shape index (κ2) is 5.75. The van der Waals surface area contributed by atoms with Crippen molar-refractivity contribution in [1.82, 2.24) is 15.2 Å². The molecule has 2 heterocycles. The van der Waals surface area contributed by atoms with Gasteiger partial charge in [0.1, 0.15) is 5.01 Å². The lowest BCUT2D eigenvalue weighted by molar-refractivity contribution is 0.316. The summed E-state index contributed by atoms with van der Waals surface area (Å²) in [5, 5.41) is 4.50. The van der Waals surface area contributed by atoms with Crippen molar-refractivity contribution < 1.29 is 0 Å². The first-order chi connectivity index (χ1) is 7.81. The molecule has 1 fully saturated rings. The van der Waals surface area contributed by atoms with Gasteiger partial charge in [0.15, 0.2) is 0 Å². The van der Waals surface area contributed by atoms with Crippen molar-refractivity contribution in [2.24, 2.45) is 0 Å². The predicted molar refractivity (Wildman–Crippen MR) is 69.0 cm³/mol. The number of aryl methyl sites for hydroxylation is 1. The molecular weight excluding hydrogens is 218 g/mol. The molecule has 1 saturated heterocycles. The van der Waals surface area contributed by atoms with Crippen LogP contribution in [0.2, 0.25) is 0 Å². The van der Waals surface area contributed by atoms with Crippen LogP contribution in [0.15, 0.2) is 6.20 Å². The quantitative estimate of drug-likeness (QED) is 0.797. The fourth-order valence-electron chi connectivity index (χ4n) is 2.25. The van der Waals surface area contributed by atoms with Crippen LogP contribution in [0.5, 0.6) is 0 Å². The van der Waals surface area contributed by atoms with Crippen molar-refractivity contribution in [1.29, 1.82) is 0 Å². The van der Waals surface area contributed by atoms with Gasteiger partial charge in [0, 0.05) is 11.1 Å². The third kappa shape index (κ3) is 2.81. The van der Waals surface area contributed by atoms with Crippen LogP contribution in [0.3, 0.4) is 0 Å². The van der Waals surface area contributed by atoms with Crippen LogP contribution in [0.4, 0.5) is 0 Å². The molecule has 0 radical (unpaired) electrons. The fraction of sp³-hybridized carbons (Fsp3) is 0.750. The summed E-state index contributed by atoms with van der Waals surface area (Å²) in [5.74, 6) is 0. The van der Waals surface area contributed by atoms with Gasteiger partial charge >= 0.3 is 0 Å². The lowest BCUT2D eigenvalue weighted by atomic mass is 10.2. The Morgan fingerprint density at radius 2 is 2.50 bits per heavy atom. The Balaban J connectivity index is 1.91. The number of aromatic nitrogens is 1. The SMILES string of the molecule is CNCCCc1cnc(C2CCCN2C)s1. The summed E-state index contributed by atoms with van der Waals surface area (Å²) in [6.07, 6.45) is 7.03. The molecule has 0 aromatic carbocycles. The summed E-state index contributed by atoms with van der Waals surface area (Å²) in [6.45, 7) is 2.32. The van der Waals surface area contributed by atoms with E-state index in [2.05, 4.69) is 28.4 Å². The van der Waals surface area contributed by atoms with Gasteiger partial charge in [0.05, 0.1) is 6.04 Å². The summed E-state index contributed by atoms with van der Waals surface area (Å²) in [6, 6.07) is 0.586. The molecule has 0 amide bonds. The van der Waals surface area contributed by atoms with E-state index >= 15 is 0 Å². The zero-order chi connectivity index (χ0) is 11.4. The van der Waals surface area contributed by atoms with Crippen LogP contribution < -0.4 is 5.32 Å². The number of likely N-dealkylation sites (tertiary alicyclic amines) is 1. The highest BCUT2D eigenvalue weighted by Gasteiger charge is 2.24. The number of rotatable bonds is 5. The minimum atomic E-state index is 0.586. The molecule has 0 saturated carbocycles. The third-order valence-electron chi connectivity index (χ3n) is 3.23. The van der Waals surface area contributed by atoms with Gasteiger partial charge in [-0.25, -0.2) is 4.98 Å². The molecule has 2 rings (SSSR count). The topological polar surface area (TPSA) is 28.2 Å². The monoisotopic (exact) mass is 239 g/mol. The maximum Gasteiger partial charge on any atom is 0.110 e. The van der Waals surface area contributed by atoms with Crippen molar-refractivity contribution in [3.8, 4) is 0 Å². The first-order valence-corrected chi connectivity index (χ1v) is 6.92. The van der Waals surface area contributed by atoms with Crippen LogP contribution in [-0.4, -0.2) is 37.1 Å². The van der Waals surface area contributed by atoms with E-state index in [-0.39, 0.29) is 0 Å². The number of nitrogens with zero attached hydrogens (tertiary/aromatic N) is 2. The van der Waals surface area contributed by atoms with E-state index in [1.165, 1.54) is 35.7 Å². The maximum atomic E-state index is 4.58. The Morgan fingerprint density at radius 1 is 1.62 bits per heavy atom. The summed E-state index contributed by atoms with van der Waals surface area (Å²) in [5.41, 5.74) is 0. The summed E-state index contributed by atoms with van der Waals surface area (Å²) in [4.78, 5) is 8.45. The van der Waals surface area contributed by atoms with Crippen molar-refractivity contribution in [3.63, 3.8) is 0 Å². The molecule has 0 aliphatic carbocycles. The summed E-state index contributed by atoms with van der Waals surface area (Å²) in [7, 11) is 4.21. The summed E-state index contributed by atoms with van der Waals surface area (Å²) < 4.78 is 0. The van der Waals surface area contributed by atoms with Crippen LogP contribution in [0, 0.1) is 0 Å². The van der Waals surface area contributed by atoms with Gasteiger partial charge in [-0.05, 0) is 52.9 Å². The molecule has 4 heteroatoms. The van der Waals surface area contributed by atoms with Gasteiger partial charge < -0.3 is 5.32 Å². The van der Waals surface area contributed by atoms with E-state index in [0.29, 0.717) is 6.04 Å². The Morgan fingerprint density at radius 3 is 3.19 bits per heavy atom. The number of hydrogen-bond acceptors (Lipinski definition) is 4. The average Bonchev–Trinajstić information content (AvgIpc) is 2.87. The van der Waals surface area contributed by atoms with Crippen molar-refractivity contribution >= 4 is 11.3 Å². The molecule has 0 bridgehead atoms. The summed E-state index contributed by atoms with van der Waals surface area (Å²) >= 11 is 1.90. The van der Waals surface area contributed by atoms with E-state index in [9.17, 15) is 0 Å². The zero-order valence-electron chi connectivity index (χ0n) is 10.2. The van der Waals surface area contributed by atoms with Crippen molar-refractivity contribution in [3.05, 3.63) is 16.1 Å². The van der Waals surface area contributed by atoms with E-state index in [1.54, 1.807) is 0 Å². The highest BCUT2D eigenvalue weighted by atomic mass is 32.1. The molecule has 1 unspecified atom stereocenters. The van der Waals surface area contributed by atoms with E-state index in [1.807, 2.05) is 18.4 Å². The molecule has 3 nitrogen and oxygen atoms in total. The Hall–Kier alpha value is -0.450. The average molecular weight is 239 g/mol. The van der Waals surface area contributed by atoms with E-state index in [4.69, 9.17) is 0 Å². The molecule has 1 aromatic heterocycles. The van der Waals surface area contributed by atoms with Gasteiger partial charge in [0.2, 0.25) is 0 Å². The number of nitrogens with one attached hydrogen (secondary N) is 1. The minimum absolute atomic E-state index is 0.586. The maximum absolute atomic E-state index is 4.58.